The third-order valence-electron chi connectivity index (χ3n) is 3.07. The third kappa shape index (κ3) is 2.87. The summed E-state index contributed by atoms with van der Waals surface area (Å²) in [6.07, 6.45) is 6.20. The van der Waals surface area contributed by atoms with Crippen LogP contribution in [0.2, 0.25) is 0 Å². The number of thioether (sulfide) groups is 1. The number of benzene rings is 2. The number of terminal acetylenes is 1. The van der Waals surface area contributed by atoms with Crippen LogP contribution in [0.25, 0.3) is 11.0 Å². The van der Waals surface area contributed by atoms with Crippen molar-refractivity contribution in [3.05, 3.63) is 59.7 Å². The van der Waals surface area contributed by atoms with Crippen molar-refractivity contribution < 1.29 is 0 Å². The lowest BCUT2D eigenvalue weighted by atomic mass is 10.0. The molecule has 0 aliphatic rings. The molecule has 0 saturated carbocycles. The van der Waals surface area contributed by atoms with Gasteiger partial charge in [0.25, 0.3) is 0 Å². The molecule has 20 heavy (non-hydrogen) atoms. The van der Waals surface area contributed by atoms with Gasteiger partial charge in [-0.3, -0.25) is 0 Å². The van der Waals surface area contributed by atoms with E-state index in [1.165, 1.54) is 11.1 Å². The summed E-state index contributed by atoms with van der Waals surface area (Å²) in [4.78, 5) is 7.82. The second-order valence-electron chi connectivity index (χ2n) is 4.55. The van der Waals surface area contributed by atoms with E-state index in [1.54, 1.807) is 11.8 Å². The summed E-state index contributed by atoms with van der Waals surface area (Å²) < 4.78 is 0. The molecule has 0 radical (unpaired) electrons. The lowest BCUT2D eigenvalue weighted by molar-refractivity contribution is 1.08. The van der Waals surface area contributed by atoms with Gasteiger partial charge in [0.1, 0.15) is 0 Å². The lowest BCUT2D eigenvalue weighted by Crippen LogP contribution is -1.87. The molecule has 0 bridgehead atoms. The first-order valence-corrected chi connectivity index (χ1v) is 7.42. The Labute approximate surface area is 122 Å². The number of aromatic amines is 1. The van der Waals surface area contributed by atoms with Crippen LogP contribution in [0, 0.1) is 12.3 Å². The summed E-state index contributed by atoms with van der Waals surface area (Å²) in [5, 5.41) is 0.884. The molecule has 0 aliphatic heterocycles. The van der Waals surface area contributed by atoms with Crippen molar-refractivity contribution in [2.45, 2.75) is 11.6 Å². The van der Waals surface area contributed by atoms with Gasteiger partial charge in [-0.25, -0.2) is 4.98 Å². The summed E-state index contributed by atoms with van der Waals surface area (Å²) in [7, 11) is 0. The van der Waals surface area contributed by atoms with E-state index in [4.69, 9.17) is 6.42 Å². The van der Waals surface area contributed by atoms with Gasteiger partial charge in [-0.15, -0.1) is 6.42 Å². The fourth-order valence-corrected chi connectivity index (χ4v) is 2.72. The molecule has 3 rings (SSSR count). The van der Waals surface area contributed by atoms with Crippen molar-refractivity contribution in [3.8, 4) is 12.3 Å². The molecular weight excluding hydrogens is 264 g/mol. The third-order valence-corrected chi connectivity index (χ3v) is 3.85. The van der Waals surface area contributed by atoms with Crippen molar-refractivity contribution in [3.63, 3.8) is 0 Å². The Hall–Kier alpha value is -2.18. The van der Waals surface area contributed by atoms with E-state index in [-0.39, 0.29) is 0 Å². The molecule has 1 aromatic heterocycles. The molecule has 0 unspecified atom stereocenters. The van der Waals surface area contributed by atoms with E-state index in [1.807, 2.05) is 6.07 Å². The first kappa shape index (κ1) is 12.8. The lowest BCUT2D eigenvalue weighted by Gasteiger charge is -2.01. The Morgan fingerprint density at radius 1 is 1.10 bits per heavy atom. The molecule has 0 saturated heterocycles. The Balaban J connectivity index is 1.85. The molecule has 0 aliphatic carbocycles. The SMILES string of the molecule is C#CCSc1nc2ccc(Cc3ccccc3)cc2[nH]1. The fourth-order valence-electron chi connectivity index (χ4n) is 2.15. The van der Waals surface area contributed by atoms with Crippen LogP contribution in [0.4, 0.5) is 0 Å². The van der Waals surface area contributed by atoms with E-state index >= 15 is 0 Å². The van der Waals surface area contributed by atoms with Gasteiger partial charge in [0.2, 0.25) is 0 Å². The second-order valence-corrected chi connectivity index (χ2v) is 5.51. The smallest absolute Gasteiger partial charge is 0.167 e. The van der Waals surface area contributed by atoms with Crippen LogP contribution in [0.5, 0.6) is 0 Å². The van der Waals surface area contributed by atoms with Crippen molar-refractivity contribution in [1.29, 1.82) is 0 Å². The summed E-state index contributed by atoms with van der Waals surface area (Å²) >= 11 is 1.55. The maximum absolute atomic E-state index is 5.27. The second kappa shape index (κ2) is 5.85. The van der Waals surface area contributed by atoms with Gasteiger partial charge in [0.05, 0.1) is 16.8 Å². The first-order valence-electron chi connectivity index (χ1n) is 6.44. The Morgan fingerprint density at radius 3 is 2.75 bits per heavy atom. The van der Waals surface area contributed by atoms with E-state index in [2.05, 4.69) is 58.4 Å². The minimum atomic E-state index is 0.636. The largest absolute Gasteiger partial charge is 0.333 e. The van der Waals surface area contributed by atoms with Crippen LogP contribution in [-0.4, -0.2) is 15.7 Å². The van der Waals surface area contributed by atoms with Gasteiger partial charge in [-0.1, -0.05) is 54.1 Å². The minimum absolute atomic E-state index is 0.636. The zero-order valence-corrected chi connectivity index (χ0v) is 11.8. The summed E-state index contributed by atoms with van der Waals surface area (Å²) in [5.41, 5.74) is 4.65. The summed E-state index contributed by atoms with van der Waals surface area (Å²) in [6, 6.07) is 16.8. The van der Waals surface area contributed by atoms with Gasteiger partial charge in [0, 0.05) is 0 Å². The highest BCUT2D eigenvalue weighted by atomic mass is 32.2. The number of imidazole rings is 1. The quantitative estimate of drug-likeness (QED) is 0.579. The van der Waals surface area contributed by atoms with Crippen LogP contribution in [0.15, 0.2) is 53.7 Å². The van der Waals surface area contributed by atoms with Crippen LogP contribution < -0.4 is 0 Å². The molecule has 2 nitrogen and oxygen atoms in total. The van der Waals surface area contributed by atoms with Gasteiger partial charge < -0.3 is 4.98 Å². The molecule has 0 atom stereocenters. The number of fused-ring (bicyclic) bond motifs is 1. The van der Waals surface area contributed by atoms with Gasteiger partial charge >= 0.3 is 0 Å². The predicted molar refractivity (Wildman–Crippen MR) is 84.9 cm³/mol. The van der Waals surface area contributed by atoms with Crippen LogP contribution in [0.3, 0.4) is 0 Å². The van der Waals surface area contributed by atoms with E-state index < -0.39 is 0 Å². The van der Waals surface area contributed by atoms with E-state index in [0.29, 0.717) is 5.75 Å². The van der Waals surface area contributed by atoms with Gasteiger partial charge in [0.15, 0.2) is 5.16 Å². The van der Waals surface area contributed by atoms with E-state index in [9.17, 15) is 0 Å². The predicted octanol–water partition coefficient (Wildman–Crippen LogP) is 3.88. The molecule has 0 fully saturated rings. The first-order chi connectivity index (χ1) is 9.85. The number of hydrogen-bond donors (Lipinski definition) is 1. The van der Waals surface area contributed by atoms with Crippen molar-refractivity contribution in [2.75, 3.05) is 5.75 Å². The number of rotatable bonds is 4. The molecule has 3 heteroatoms. The molecule has 3 aromatic rings. The zero-order valence-electron chi connectivity index (χ0n) is 11.0. The minimum Gasteiger partial charge on any atom is -0.333 e. The Morgan fingerprint density at radius 2 is 1.95 bits per heavy atom. The highest BCUT2D eigenvalue weighted by Crippen LogP contribution is 2.21. The van der Waals surface area contributed by atoms with Gasteiger partial charge in [-0.2, -0.15) is 0 Å². The average Bonchev–Trinajstić information content (AvgIpc) is 2.88. The molecule has 0 spiro atoms. The normalized spacial score (nSPS) is 10.6. The molecule has 98 valence electrons. The Kier molecular flexibility index (Phi) is 3.76. The maximum atomic E-state index is 5.27. The van der Waals surface area contributed by atoms with E-state index in [0.717, 1.165) is 22.6 Å². The number of nitrogens with one attached hydrogen (secondary N) is 1. The van der Waals surface area contributed by atoms with Crippen molar-refractivity contribution in [1.82, 2.24) is 9.97 Å². The fraction of sp³-hybridized carbons (Fsp3) is 0.118. The maximum Gasteiger partial charge on any atom is 0.167 e. The highest BCUT2D eigenvalue weighted by Gasteiger charge is 2.04. The number of nitrogens with zero attached hydrogens (tertiary/aromatic N) is 1. The summed E-state index contributed by atoms with van der Waals surface area (Å²) in [5.74, 6) is 3.24. The standard InChI is InChI=1S/C17H14N2S/c1-2-10-20-17-18-15-9-8-14(12-16(15)19-17)11-13-6-4-3-5-7-13/h1,3-9,12H,10-11H2,(H,18,19). The molecular formula is C17H14N2S. The summed E-state index contributed by atoms with van der Waals surface area (Å²) in [6.45, 7) is 0. The van der Waals surface area contributed by atoms with Crippen molar-refractivity contribution >= 4 is 22.8 Å². The monoisotopic (exact) mass is 278 g/mol. The van der Waals surface area contributed by atoms with Gasteiger partial charge in [-0.05, 0) is 29.7 Å². The number of aromatic nitrogens is 2. The van der Waals surface area contributed by atoms with Crippen LogP contribution in [-0.2, 0) is 6.42 Å². The number of hydrogen-bond acceptors (Lipinski definition) is 2. The Bertz CT molecular complexity index is 754. The molecule has 1 heterocycles. The van der Waals surface area contributed by atoms with Crippen molar-refractivity contribution in [2.24, 2.45) is 0 Å². The molecule has 0 amide bonds. The molecule has 1 N–H and O–H groups in total. The van der Waals surface area contributed by atoms with Crippen LogP contribution in [0.1, 0.15) is 11.1 Å². The average molecular weight is 278 g/mol. The zero-order chi connectivity index (χ0) is 13.8. The molecule has 2 aromatic carbocycles. The topological polar surface area (TPSA) is 28.7 Å². The highest BCUT2D eigenvalue weighted by molar-refractivity contribution is 7.99. The number of H-pyrrole nitrogens is 1. The van der Waals surface area contributed by atoms with Crippen LogP contribution >= 0.6 is 11.8 Å².